The van der Waals surface area contributed by atoms with Gasteiger partial charge in [0.2, 0.25) is 0 Å². The molecule has 21 heavy (non-hydrogen) atoms. The Morgan fingerprint density at radius 2 is 1.81 bits per heavy atom. The van der Waals surface area contributed by atoms with Crippen LogP contribution in [0.5, 0.6) is 0 Å². The second-order valence-corrected chi connectivity index (χ2v) is 5.56. The predicted octanol–water partition coefficient (Wildman–Crippen LogP) is 3.21. The molecule has 3 rings (SSSR count). The minimum atomic E-state index is 0.0935. The molecule has 0 spiro atoms. The third-order valence-corrected chi connectivity index (χ3v) is 4.22. The van der Waals surface area contributed by atoms with Gasteiger partial charge >= 0.3 is 0 Å². The Kier molecular flexibility index (Phi) is 3.83. The predicted molar refractivity (Wildman–Crippen MR) is 86.6 cm³/mol. The van der Waals surface area contributed by atoms with Gasteiger partial charge in [-0.2, -0.15) is 0 Å². The van der Waals surface area contributed by atoms with E-state index in [1.165, 1.54) is 5.56 Å². The second kappa shape index (κ2) is 5.93. The molecule has 0 bridgehead atoms. The maximum atomic E-state index is 7.39. The average Bonchev–Trinajstić information content (AvgIpc) is 2.53. The molecule has 4 nitrogen and oxygen atoms in total. The van der Waals surface area contributed by atoms with E-state index in [-0.39, 0.29) is 5.84 Å². The van der Waals surface area contributed by atoms with E-state index in [0.717, 1.165) is 27.2 Å². The number of hydrogen-bond acceptors (Lipinski definition) is 4. The summed E-state index contributed by atoms with van der Waals surface area (Å²) in [4.78, 5) is 8.63. The van der Waals surface area contributed by atoms with Crippen molar-refractivity contribution in [3.63, 3.8) is 0 Å². The standard InChI is InChI=1S/C16H14N4S/c17-15(18)12-7-5-11(6-8-12)9-21-16-13-3-1-2-4-14(13)19-10-20-16/h1-8,10H,9H2,(H3,17,18). The Bertz CT molecular complexity index is 778. The lowest BCUT2D eigenvalue weighted by atomic mass is 10.1. The minimum absolute atomic E-state index is 0.0935. The third kappa shape index (κ3) is 3.03. The highest BCUT2D eigenvalue weighted by Gasteiger charge is 2.04. The van der Waals surface area contributed by atoms with E-state index in [4.69, 9.17) is 11.1 Å². The first-order chi connectivity index (χ1) is 10.2. The molecule has 0 aliphatic rings. The van der Waals surface area contributed by atoms with Crippen molar-refractivity contribution in [1.82, 2.24) is 9.97 Å². The number of hydrogen-bond donors (Lipinski definition) is 2. The van der Waals surface area contributed by atoms with Gasteiger partial charge < -0.3 is 5.73 Å². The fourth-order valence-corrected chi connectivity index (χ4v) is 2.97. The van der Waals surface area contributed by atoms with E-state index >= 15 is 0 Å². The SMILES string of the molecule is N=C(N)c1ccc(CSc2ncnc3ccccc23)cc1. The summed E-state index contributed by atoms with van der Waals surface area (Å²) in [5.41, 5.74) is 8.33. The van der Waals surface area contributed by atoms with E-state index in [0.29, 0.717) is 0 Å². The minimum Gasteiger partial charge on any atom is -0.384 e. The molecule has 0 aliphatic carbocycles. The fraction of sp³-hybridized carbons (Fsp3) is 0.0625. The topological polar surface area (TPSA) is 75.7 Å². The van der Waals surface area contributed by atoms with Gasteiger partial charge in [0.05, 0.1) is 5.52 Å². The van der Waals surface area contributed by atoms with E-state index < -0.39 is 0 Å². The van der Waals surface area contributed by atoms with Crippen molar-refractivity contribution < 1.29 is 0 Å². The van der Waals surface area contributed by atoms with Crippen LogP contribution in [0.15, 0.2) is 59.9 Å². The molecule has 104 valence electrons. The molecule has 0 aliphatic heterocycles. The Morgan fingerprint density at radius 3 is 2.57 bits per heavy atom. The number of amidine groups is 1. The third-order valence-electron chi connectivity index (χ3n) is 3.15. The van der Waals surface area contributed by atoms with Gasteiger partial charge in [0, 0.05) is 16.7 Å². The molecular formula is C16H14N4S. The van der Waals surface area contributed by atoms with Crippen LogP contribution < -0.4 is 5.73 Å². The van der Waals surface area contributed by atoms with Crippen molar-refractivity contribution in [3.8, 4) is 0 Å². The molecule has 3 N–H and O–H groups in total. The monoisotopic (exact) mass is 294 g/mol. The van der Waals surface area contributed by atoms with Crippen LogP contribution in [0.2, 0.25) is 0 Å². The van der Waals surface area contributed by atoms with E-state index in [9.17, 15) is 0 Å². The lowest BCUT2D eigenvalue weighted by molar-refractivity contribution is 1.10. The summed E-state index contributed by atoms with van der Waals surface area (Å²) in [5.74, 6) is 0.912. The molecular weight excluding hydrogens is 280 g/mol. The molecule has 0 saturated heterocycles. The van der Waals surface area contributed by atoms with Gasteiger partial charge in [0.15, 0.2) is 0 Å². The number of nitrogens with one attached hydrogen (secondary N) is 1. The first-order valence-electron chi connectivity index (χ1n) is 6.50. The molecule has 0 amide bonds. The lowest BCUT2D eigenvalue weighted by Gasteiger charge is -2.05. The molecule has 0 unspecified atom stereocenters. The average molecular weight is 294 g/mol. The molecule has 0 saturated carbocycles. The van der Waals surface area contributed by atoms with Crippen LogP contribution in [-0.2, 0) is 5.75 Å². The summed E-state index contributed by atoms with van der Waals surface area (Å²) in [6.07, 6.45) is 1.60. The molecule has 0 fully saturated rings. The van der Waals surface area contributed by atoms with Crippen LogP contribution in [0, 0.1) is 5.41 Å². The summed E-state index contributed by atoms with van der Waals surface area (Å²) in [6.45, 7) is 0. The van der Waals surface area contributed by atoms with Crippen molar-refractivity contribution >= 4 is 28.5 Å². The molecule has 0 radical (unpaired) electrons. The number of aromatic nitrogens is 2. The van der Waals surface area contributed by atoms with Crippen molar-refractivity contribution in [1.29, 1.82) is 5.41 Å². The maximum absolute atomic E-state index is 7.39. The number of para-hydroxylation sites is 1. The van der Waals surface area contributed by atoms with Crippen molar-refractivity contribution in [2.75, 3.05) is 0 Å². The normalized spacial score (nSPS) is 10.7. The molecule has 1 aromatic heterocycles. The van der Waals surface area contributed by atoms with Crippen molar-refractivity contribution in [2.45, 2.75) is 10.8 Å². The zero-order valence-electron chi connectivity index (χ0n) is 11.3. The van der Waals surface area contributed by atoms with Gasteiger partial charge in [-0.15, -0.1) is 11.8 Å². The van der Waals surface area contributed by atoms with E-state index in [2.05, 4.69) is 9.97 Å². The number of nitrogen functional groups attached to an aromatic ring is 1. The van der Waals surface area contributed by atoms with Gasteiger partial charge in [-0.3, -0.25) is 5.41 Å². The van der Waals surface area contributed by atoms with Gasteiger partial charge in [-0.1, -0.05) is 42.5 Å². The number of nitrogens with zero attached hydrogens (tertiary/aromatic N) is 2. The van der Waals surface area contributed by atoms with Gasteiger partial charge in [-0.25, -0.2) is 9.97 Å². The van der Waals surface area contributed by atoms with Crippen LogP contribution in [0.3, 0.4) is 0 Å². The maximum Gasteiger partial charge on any atom is 0.122 e. The summed E-state index contributed by atoms with van der Waals surface area (Å²) >= 11 is 1.68. The van der Waals surface area contributed by atoms with Crippen LogP contribution in [-0.4, -0.2) is 15.8 Å². The second-order valence-electron chi connectivity index (χ2n) is 4.60. The fourth-order valence-electron chi connectivity index (χ4n) is 2.03. The zero-order valence-corrected chi connectivity index (χ0v) is 12.1. The summed E-state index contributed by atoms with van der Waals surface area (Å²) in [7, 11) is 0. The van der Waals surface area contributed by atoms with Crippen molar-refractivity contribution in [2.24, 2.45) is 5.73 Å². The number of benzene rings is 2. The first-order valence-corrected chi connectivity index (χ1v) is 7.48. The van der Waals surface area contributed by atoms with Crippen LogP contribution in [0.4, 0.5) is 0 Å². The number of nitrogens with two attached hydrogens (primary N) is 1. The molecule has 0 atom stereocenters. The summed E-state index contributed by atoms with van der Waals surface area (Å²) < 4.78 is 0. The highest BCUT2D eigenvalue weighted by atomic mass is 32.2. The smallest absolute Gasteiger partial charge is 0.122 e. The first kappa shape index (κ1) is 13.6. The summed E-state index contributed by atoms with van der Waals surface area (Å²) in [6, 6.07) is 15.7. The van der Waals surface area contributed by atoms with Gasteiger partial charge in [0.1, 0.15) is 17.2 Å². The molecule has 5 heteroatoms. The largest absolute Gasteiger partial charge is 0.384 e. The van der Waals surface area contributed by atoms with Gasteiger partial charge in [0.25, 0.3) is 0 Å². The molecule has 2 aromatic carbocycles. The number of rotatable bonds is 4. The Labute approximate surface area is 126 Å². The lowest BCUT2D eigenvalue weighted by Crippen LogP contribution is -2.10. The Hall–Kier alpha value is -2.40. The molecule has 3 aromatic rings. The highest BCUT2D eigenvalue weighted by Crippen LogP contribution is 2.27. The number of thioether (sulfide) groups is 1. The van der Waals surface area contributed by atoms with Gasteiger partial charge in [-0.05, 0) is 11.6 Å². The number of fused-ring (bicyclic) bond motifs is 1. The summed E-state index contributed by atoms with van der Waals surface area (Å²) in [5, 5.41) is 9.45. The Morgan fingerprint density at radius 1 is 1.05 bits per heavy atom. The Balaban J connectivity index is 1.79. The van der Waals surface area contributed by atoms with Crippen LogP contribution in [0.25, 0.3) is 10.9 Å². The van der Waals surface area contributed by atoms with E-state index in [1.807, 2.05) is 48.5 Å². The van der Waals surface area contributed by atoms with Crippen molar-refractivity contribution in [3.05, 3.63) is 66.0 Å². The quantitative estimate of drug-likeness (QED) is 0.335. The zero-order chi connectivity index (χ0) is 14.7. The van der Waals surface area contributed by atoms with Crippen LogP contribution >= 0.6 is 11.8 Å². The molecule has 1 heterocycles. The highest BCUT2D eigenvalue weighted by molar-refractivity contribution is 7.98. The van der Waals surface area contributed by atoms with E-state index in [1.54, 1.807) is 18.1 Å². The van der Waals surface area contributed by atoms with Crippen LogP contribution in [0.1, 0.15) is 11.1 Å².